The Bertz CT molecular complexity index is 829. The van der Waals surface area contributed by atoms with Crippen LogP contribution in [-0.4, -0.2) is 37.2 Å². The third kappa shape index (κ3) is 4.56. The van der Waals surface area contributed by atoms with Crippen molar-refractivity contribution in [2.24, 2.45) is 0 Å². The molecule has 0 aliphatic rings. The highest BCUT2D eigenvalue weighted by Crippen LogP contribution is 2.36. The topological polar surface area (TPSA) is 86.8 Å². The molecule has 1 heterocycles. The van der Waals surface area contributed by atoms with Gasteiger partial charge >= 0.3 is 5.97 Å². The largest absolute Gasteiger partial charge is 0.493 e. The molecule has 0 aliphatic heterocycles. The number of benzene rings is 1. The van der Waals surface area contributed by atoms with Crippen molar-refractivity contribution in [3.05, 3.63) is 46.2 Å². The van der Waals surface area contributed by atoms with E-state index in [0.29, 0.717) is 11.4 Å². The molecule has 0 saturated heterocycles. The second-order valence-corrected chi connectivity index (χ2v) is 5.84. The Kier molecular flexibility index (Phi) is 6.65. The Balaban J connectivity index is 2.10. The Morgan fingerprint density at radius 1 is 1.19 bits per heavy atom. The summed E-state index contributed by atoms with van der Waals surface area (Å²) in [6.07, 6.45) is 0.410. The number of carbonyl (C=O) groups is 2. The molecule has 1 aromatic heterocycles. The van der Waals surface area contributed by atoms with Gasteiger partial charge in [0.05, 0.1) is 30.5 Å². The van der Waals surface area contributed by atoms with E-state index >= 15 is 0 Å². The fourth-order valence-electron chi connectivity index (χ4n) is 2.03. The minimum absolute atomic E-state index is 0.117. The van der Waals surface area contributed by atoms with Crippen LogP contribution < -0.4 is 14.8 Å². The van der Waals surface area contributed by atoms with E-state index in [2.05, 4.69) is 10.3 Å². The van der Waals surface area contributed by atoms with E-state index in [1.54, 1.807) is 12.1 Å². The van der Waals surface area contributed by atoms with E-state index in [1.807, 2.05) is 0 Å². The minimum atomic E-state index is -1.08. The van der Waals surface area contributed by atoms with Crippen molar-refractivity contribution >= 4 is 40.8 Å². The van der Waals surface area contributed by atoms with Crippen molar-refractivity contribution in [3.63, 3.8) is 0 Å². The second kappa shape index (κ2) is 8.73. The molecule has 1 aromatic carbocycles. The fraction of sp³-hybridized carbons (Fsp3) is 0.235. The molecule has 0 aliphatic carbocycles. The summed E-state index contributed by atoms with van der Waals surface area (Å²) in [5.41, 5.74) is 0.433. The first-order valence-corrected chi connectivity index (χ1v) is 8.16. The van der Waals surface area contributed by atoms with Gasteiger partial charge in [-0.25, -0.2) is 9.78 Å². The maximum atomic E-state index is 12.3. The monoisotopic (exact) mass is 398 g/mol. The van der Waals surface area contributed by atoms with E-state index < -0.39 is 18.0 Å². The van der Waals surface area contributed by atoms with Gasteiger partial charge in [0, 0.05) is 6.20 Å². The van der Waals surface area contributed by atoms with Crippen LogP contribution in [0.15, 0.2) is 30.5 Å². The van der Waals surface area contributed by atoms with Crippen LogP contribution in [0.4, 0.5) is 5.69 Å². The van der Waals surface area contributed by atoms with Crippen LogP contribution in [0, 0.1) is 0 Å². The zero-order chi connectivity index (χ0) is 19.3. The van der Waals surface area contributed by atoms with Crippen molar-refractivity contribution in [3.8, 4) is 11.5 Å². The molecule has 0 unspecified atom stereocenters. The Labute approximate surface area is 160 Å². The first kappa shape index (κ1) is 19.8. The normalized spacial score (nSPS) is 11.4. The lowest BCUT2D eigenvalue weighted by Crippen LogP contribution is -2.30. The molecule has 7 nitrogen and oxygen atoms in total. The van der Waals surface area contributed by atoms with Crippen molar-refractivity contribution in [1.82, 2.24) is 4.98 Å². The van der Waals surface area contributed by atoms with Gasteiger partial charge in [-0.3, -0.25) is 4.79 Å². The van der Waals surface area contributed by atoms with Gasteiger partial charge in [-0.05, 0) is 31.2 Å². The lowest BCUT2D eigenvalue weighted by atomic mass is 10.2. The summed E-state index contributed by atoms with van der Waals surface area (Å²) >= 11 is 11.9. The zero-order valence-electron chi connectivity index (χ0n) is 14.2. The Hall–Kier alpha value is -2.51. The number of halogens is 2. The summed E-state index contributed by atoms with van der Waals surface area (Å²) in [6, 6.07) is 5.98. The molecule has 9 heteroatoms. The van der Waals surface area contributed by atoms with Gasteiger partial charge in [0.25, 0.3) is 5.91 Å². The molecule has 2 rings (SSSR count). The first-order chi connectivity index (χ1) is 12.4. The van der Waals surface area contributed by atoms with Crippen molar-refractivity contribution in [2.45, 2.75) is 13.0 Å². The van der Waals surface area contributed by atoms with Crippen molar-refractivity contribution in [1.29, 1.82) is 0 Å². The van der Waals surface area contributed by atoms with Crippen molar-refractivity contribution < 1.29 is 23.8 Å². The number of rotatable bonds is 6. The Morgan fingerprint density at radius 2 is 1.92 bits per heavy atom. The summed E-state index contributed by atoms with van der Waals surface area (Å²) in [5.74, 6) is -0.735. The number of esters is 1. The summed E-state index contributed by atoms with van der Waals surface area (Å²) in [7, 11) is 2.84. The molecule has 1 N–H and O–H groups in total. The van der Waals surface area contributed by atoms with E-state index in [1.165, 1.54) is 39.5 Å². The van der Waals surface area contributed by atoms with Gasteiger partial charge in [0.2, 0.25) is 0 Å². The number of pyridine rings is 1. The first-order valence-electron chi connectivity index (χ1n) is 7.41. The summed E-state index contributed by atoms with van der Waals surface area (Å²) in [4.78, 5) is 28.3. The predicted molar refractivity (Wildman–Crippen MR) is 97.3 cm³/mol. The van der Waals surface area contributed by atoms with Crippen LogP contribution >= 0.6 is 23.2 Å². The van der Waals surface area contributed by atoms with Gasteiger partial charge in [0.1, 0.15) is 0 Å². The molecular weight excluding hydrogens is 383 g/mol. The van der Waals surface area contributed by atoms with Gasteiger partial charge < -0.3 is 19.5 Å². The maximum Gasteiger partial charge on any atom is 0.339 e. The van der Waals surface area contributed by atoms with E-state index in [4.69, 9.17) is 37.4 Å². The highest BCUT2D eigenvalue weighted by Gasteiger charge is 2.22. The lowest BCUT2D eigenvalue weighted by molar-refractivity contribution is -0.123. The van der Waals surface area contributed by atoms with Crippen LogP contribution in [0.3, 0.4) is 0 Å². The number of hydrogen-bond acceptors (Lipinski definition) is 6. The SMILES string of the molecule is COc1cc(C(=O)O[C@H](C)C(=O)Nc2cccnc2Cl)cc(Cl)c1OC. The Morgan fingerprint density at radius 3 is 2.54 bits per heavy atom. The molecule has 1 amide bonds. The van der Waals surface area contributed by atoms with Crippen molar-refractivity contribution in [2.75, 3.05) is 19.5 Å². The highest BCUT2D eigenvalue weighted by atomic mass is 35.5. The number of ether oxygens (including phenoxy) is 3. The molecule has 138 valence electrons. The number of hydrogen-bond donors (Lipinski definition) is 1. The molecule has 0 fully saturated rings. The number of nitrogens with one attached hydrogen (secondary N) is 1. The van der Waals surface area contributed by atoms with E-state index in [0.717, 1.165) is 0 Å². The summed E-state index contributed by atoms with van der Waals surface area (Å²) < 4.78 is 15.4. The predicted octanol–water partition coefficient (Wildman–Crippen LogP) is 3.59. The third-order valence-corrected chi connectivity index (χ3v) is 3.92. The maximum absolute atomic E-state index is 12.3. The highest BCUT2D eigenvalue weighted by molar-refractivity contribution is 6.33. The van der Waals surface area contributed by atoms with Gasteiger partial charge in [-0.2, -0.15) is 0 Å². The summed E-state index contributed by atoms with van der Waals surface area (Å²) in [5, 5.41) is 2.85. The average molecular weight is 399 g/mol. The molecule has 0 bridgehead atoms. The van der Waals surface area contributed by atoms with Crippen LogP contribution in [0.5, 0.6) is 11.5 Å². The number of aromatic nitrogens is 1. The van der Waals surface area contributed by atoms with Gasteiger partial charge in [-0.15, -0.1) is 0 Å². The van der Waals surface area contributed by atoms with Gasteiger partial charge in [-0.1, -0.05) is 23.2 Å². The molecule has 0 radical (unpaired) electrons. The molecule has 0 saturated carbocycles. The molecule has 2 aromatic rings. The average Bonchev–Trinajstić information content (AvgIpc) is 2.62. The molecule has 26 heavy (non-hydrogen) atoms. The number of methoxy groups -OCH3 is 2. The number of carbonyl (C=O) groups excluding carboxylic acids is 2. The number of amides is 1. The molecule has 0 spiro atoms. The number of anilines is 1. The smallest absolute Gasteiger partial charge is 0.339 e. The van der Waals surface area contributed by atoms with E-state index in [9.17, 15) is 9.59 Å². The molecule has 1 atom stereocenters. The second-order valence-electron chi connectivity index (χ2n) is 5.07. The van der Waals surface area contributed by atoms with Crippen LogP contribution in [0.25, 0.3) is 0 Å². The van der Waals surface area contributed by atoms with Crippen LogP contribution in [0.1, 0.15) is 17.3 Å². The zero-order valence-corrected chi connectivity index (χ0v) is 15.7. The van der Waals surface area contributed by atoms with Crippen LogP contribution in [-0.2, 0) is 9.53 Å². The number of nitrogens with zero attached hydrogens (tertiary/aromatic N) is 1. The lowest BCUT2D eigenvalue weighted by Gasteiger charge is -2.15. The quantitative estimate of drug-likeness (QED) is 0.590. The van der Waals surface area contributed by atoms with Gasteiger partial charge in [0.15, 0.2) is 22.8 Å². The standard InChI is InChI=1S/C17H16Cl2N2O5/c1-9(16(22)21-12-5-4-6-20-15(12)19)26-17(23)10-7-11(18)14(25-3)13(8-10)24-2/h4-9H,1-3H3,(H,21,22)/t9-/m1/s1. The molecular formula is C17H16Cl2N2O5. The van der Waals surface area contributed by atoms with E-state index in [-0.39, 0.29) is 21.5 Å². The third-order valence-electron chi connectivity index (χ3n) is 3.34. The minimum Gasteiger partial charge on any atom is -0.493 e. The summed E-state index contributed by atoms with van der Waals surface area (Å²) in [6.45, 7) is 1.43. The fourth-order valence-corrected chi connectivity index (χ4v) is 2.49. The van der Waals surface area contributed by atoms with Crippen LogP contribution in [0.2, 0.25) is 10.2 Å².